The van der Waals surface area contributed by atoms with Crippen LogP contribution in [0.4, 0.5) is 0 Å². The highest BCUT2D eigenvalue weighted by Crippen LogP contribution is 2.25. The predicted octanol–water partition coefficient (Wildman–Crippen LogP) is 3.10. The number of amides is 1. The minimum Gasteiger partial charge on any atom is -0.337 e. The third kappa shape index (κ3) is 3.60. The predicted molar refractivity (Wildman–Crippen MR) is 101 cm³/mol. The number of hydrogen-bond acceptors (Lipinski definition) is 4. The highest BCUT2D eigenvalue weighted by molar-refractivity contribution is 6.29. The first-order valence-electron chi connectivity index (χ1n) is 9.21. The minimum atomic E-state index is -0.0418. The molecule has 1 amide bonds. The summed E-state index contributed by atoms with van der Waals surface area (Å²) in [4.78, 5) is 25.5. The second-order valence-electron chi connectivity index (χ2n) is 7.14. The van der Waals surface area contributed by atoms with E-state index in [1.165, 1.54) is 11.1 Å². The van der Waals surface area contributed by atoms with Gasteiger partial charge in [0.25, 0.3) is 5.91 Å². The lowest BCUT2D eigenvalue weighted by Crippen LogP contribution is -2.48. The average molecular weight is 371 g/mol. The van der Waals surface area contributed by atoms with Crippen molar-refractivity contribution in [2.45, 2.75) is 38.8 Å². The van der Waals surface area contributed by atoms with Crippen molar-refractivity contribution in [2.24, 2.45) is 0 Å². The second-order valence-corrected chi connectivity index (χ2v) is 7.52. The molecule has 136 valence electrons. The summed E-state index contributed by atoms with van der Waals surface area (Å²) >= 11 is 5.97. The molecule has 4 rings (SSSR count). The Hall–Kier alpha value is -1.98. The summed E-state index contributed by atoms with van der Waals surface area (Å²) in [7, 11) is 0. The van der Waals surface area contributed by atoms with Gasteiger partial charge in [0.1, 0.15) is 16.7 Å². The van der Waals surface area contributed by atoms with Crippen molar-refractivity contribution in [3.05, 3.63) is 58.1 Å². The van der Waals surface area contributed by atoms with E-state index in [9.17, 15) is 4.79 Å². The molecule has 0 saturated carbocycles. The molecule has 1 fully saturated rings. The molecule has 0 spiro atoms. The molecule has 26 heavy (non-hydrogen) atoms. The quantitative estimate of drug-likeness (QED) is 0.762. The molecule has 1 aromatic heterocycles. The number of aryl methyl sites for hydroxylation is 1. The Balaban J connectivity index is 1.38. The van der Waals surface area contributed by atoms with E-state index in [1.54, 1.807) is 13.0 Å². The lowest BCUT2D eigenvalue weighted by atomic mass is 9.95. The van der Waals surface area contributed by atoms with Crippen LogP contribution in [0.5, 0.6) is 0 Å². The fraction of sp³-hybridized carbons (Fsp3) is 0.450. The number of carbonyl (C=O) groups is 1. The number of piperidine rings is 1. The first kappa shape index (κ1) is 17.4. The Morgan fingerprint density at radius 3 is 2.58 bits per heavy atom. The molecule has 0 atom stereocenters. The smallest absolute Gasteiger partial charge is 0.272 e. The lowest BCUT2D eigenvalue weighted by Gasteiger charge is -2.40. The van der Waals surface area contributed by atoms with Crippen molar-refractivity contribution >= 4 is 17.5 Å². The van der Waals surface area contributed by atoms with E-state index < -0.39 is 0 Å². The van der Waals surface area contributed by atoms with Crippen LogP contribution in [0.3, 0.4) is 0 Å². The molecule has 2 aliphatic rings. The van der Waals surface area contributed by atoms with Gasteiger partial charge in [0.15, 0.2) is 0 Å². The van der Waals surface area contributed by atoms with Gasteiger partial charge < -0.3 is 4.90 Å². The van der Waals surface area contributed by atoms with Crippen LogP contribution in [-0.4, -0.2) is 51.4 Å². The monoisotopic (exact) mass is 370 g/mol. The van der Waals surface area contributed by atoms with E-state index in [2.05, 4.69) is 39.1 Å². The zero-order valence-electron chi connectivity index (χ0n) is 15.0. The fourth-order valence-electron chi connectivity index (χ4n) is 4.07. The third-order valence-electron chi connectivity index (χ3n) is 5.45. The van der Waals surface area contributed by atoms with E-state index >= 15 is 0 Å². The summed E-state index contributed by atoms with van der Waals surface area (Å²) < 4.78 is 0. The van der Waals surface area contributed by atoms with E-state index in [1.807, 2.05) is 4.90 Å². The topological polar surface area (TPSA) is 49.3 Å². The molecule has 1 aromatic carbocycles. The number of hydrogen-bond donors (Lipinski definition) is 0. The van der Waals surface area contributed by atoms with Gasteiger partial charge in [-0.15, -0.1) is 0 Å². The number of likely N-dealkylation sites (tertiary alicyclic amines) is 1. The number of carbonyl (C=O) groups excluding carboxylic acids is 1. The van der Waals surface area contributed by atoms with Gasteiger partial charge in [0.05, 0.1) is 0 Å². The molecule has 0 bridgehead atoms. The van der Waals surface area contributed by atoms with Gasteiger partial charge in [0.2, 0.25) is 0 Å². The molecule has 0 N–H and O–H groups in total. The Labute approximate surface area is 159 Å². The summed E-state index contributed by atoms with van der Waals surface area (Å²) in [6, 6.07) is 10.8. The molecule has 5 nitrogen and oxygen atoms in total. The number of rotatable bonds is 2. The minimum absolute atomic E-state index is 0.0418. The standard InChI is InChI=1S/C20H23ClN4O/c1-14-22-18(12-19(21)23-14)20(26)24-10-7-17(8-11-24)25-9-6-15-4-2-3-5-16(15)13-25/h2-5,12,17H,6-11,13H2,1H3. The summed E-state index contributed by atoms with van der Waals surface area (Å²) in [6.07, 6.45) is 3.13. The van der Waals surface area contributed by atoms with Gasteiger partial charge in [-0.1, -0.05) is 35.9 Å². The molecule has 0 unspecified atom stereocenters. The molecule has 2 aliphatic heterocycles. The van der Waals surface area contributed by atoms with Crippen LogP contribution >= 0.6 is 11.6 Å². The molecule has 3 heterocycles. The number of nitrogens with zero attached hydrogens (tertiary/aromatic N) is 4. The van der Waals surface area contributed by atoms with Crippen molar-refractivity contribution in [3.63, 3.8) is 0 Å². The molecule has 1 saturated heterocycles. The number of benzene rings is 1. The van der Waals surface area contributed by atoms with E-state index in [-0.39, 0.29) is 5.91 Å². The summed E-state index contributed by atoms with van der Waals surface area (Å²) in [5.41, 5.74) is 3.32. The third-order valence-corrected chi connectivity index (χ3v) is 5.65. The maximum absolute atomic E-state index is 12.7. The fourth-order valence-corrected chi connectivity index (χ4v) is 4.29. The molecular formula is C20H23ClN4O. The normalized spacial score (nSPS) is 18.6. The van der Waals surface area contributed by atoms with Gasteiger partial charge in [-0.05, 0) is 37.3 Å². The van der Waals surface area contributed by atoms with Crippen molar-refractivity contribution < 1.29 is 4.79 Å². The Morgan fingerprint density at radius 2 is 1.85 bits per heavy atom. The SMILES string of the molecule is Cc1nc(Cl)cc(C(=O)N2CCC(N3CCc4ccccc4C3)CC2)n1. The highest BCUT2D eigenvalue weighted by atomic mass is 35.5. The van der Waals surface area contributed by atoms with Crippen LogP contribution in [0.1, 0.15) is 40.3 Å². The second kappa shape index (κ2) is 7.33. The first-order valence-corrected chi connectivity index (χ1v) is 9.59. The Kier molecular flexibility index (Phi) is 4.92. The maximum atomic E-state index is 12.7. The van der Waals surface area contributed by atoms with Crippen LogP contribution in [-0.2, 0) is 13.0 Å². The van der Waals surface area contributed by atoms with Gasteiger partial charge in [-0.25, -0.2) is 9.97 Å². The Bertz CT molecular complexity index is 797. The lowest BCUT2D eigenvalue weighted by molar-refractivity contribution is 0.0593. The van der Waals surface area contributed by atoms with Gasteiger partial charge in [0, 0.05) is 38.3 Å². The number of fused-ring (bicyclic) bond motifs is 1. The van der Waals surface area contributed by atoms with Gasteiger partial charge in [-0.3, -0.25) is 9.69 Å². The summed E-state index contributed by atoms with van der Waals surface area (Å²) in [5.74, 6) is 0.488. The molecular weight excluding hydrogens is 348 g/mol. The summed E-state index contributed by atoms with van der Waals surface area (Å²) in [6.45, 7) is 5.42. The molecule has 2 aromatic rings. The van der Waals surface area contributed by atoms with E-state index in [0.29, 0.717) is 22.7 Å². The van der Waals surface area contributed by atoms with Crippen molar-refractivity contribution in [2.75, 3.05) is 19.6 Å². The van der Waals surface area contributed by atoms with Crippen LogP contribution in [0.15, 0.2) is 30.3 Å². The zero-order valence-corrected chi connectivity index (χ0v) is 15.7. The summed E-state index contributed by atoms with van der Waals surface area (Å²) in [5, 5.41) is 0.322. The largest absolute Gasteiger partial charge is 0.337 e. The van der Waals surface area contributed by atoms with Crippen LogP contribution in [0.25, 0.3) is 0 Å². The first-order chi connectivity index (χ1) is 12.6. The molecule has 6 heteroatoms. The Morgan fingerprint density at radius 1 is 1.12 bits per heavy atom. The highest BCUT2D eigenvalue weighted by Gasteiger charge is 2.29. The van der Waals surface area contributed by atoms with Gasteiger partial charge >= 0.3 is 0 Å². The van der Waals surface area contributed by atoms with Crippen molar-refractivity contribution in [1.29, 1.82) is 0 Å². The maximum Gasteiger partial charge on any atom is 0.272 e. The number of halogens is 1. The van der Waals surface area contributed by atoms with E-state index in [0.717, 1.165) is 45.4 Å². The average Bonchev–Trinajstić information content (AvgIpc) is 2.66. The molecule has 0 aliphatic carbocycles. The van der Waals surface area contributed by atoms with Crippen molar-refractivity contribution in [3.8, 4) is 0 Å². The van der Waals surface area contributed by atoms with Gasteiger partial charge in [-0.2, -0.15) is 0 Å². The van der Waals surface area contributed by atoms with Crippen LogP contribution in [0, 0.1) is 6.92 Å². The van der Waals surface area contributed by atoms with Crippen LogP contribution < -0.4 is 0 Å². The number of aromatic nitrogens is 2. The van der Waals surface area contributed by atoms with Crippen molar-refractivity contribution in [1.82, 2.24) is 19.8 Å². The zero-order chi connectivity index (χ0) is 18.1. The van der Waals surface area contributed by atoms with Crippen LogP contribution in [0.2, 0.25) is 5.15 Å². The van der Waals surface area contributed by atoms with E-state index in [4.69, 9.17) is 11.6 Å². The molecule has 0 radical (unpaired) electrons.